The van der Waals surface area contributed by atoms with E-state index in [1.54, 1.807) is 6.26 Å². The van der Waals surface area contributed by atoms with Crippen molar-refractivity contribution in [2.24, 2.45) is 5.41 Å². The molecule has 4 heteroatoms. The molecule has 94 valence electrons. The number of rotatable bonds is 3. The smallest absolute Gasteiger partial charge is 0.226 e. The molecule has 1 saturated heterocycles. The number of hydrogen-bond donors (Lipinski definition) is 2. The van der Waals surface area contributed by atoms with Gasteiger partial charge in [-0.2, -0.15) is 0 Å². The van der Waals surface area contributed by atoms with Crippen LogP contribution in [0.2, 0.25) is 0 Å². The zero-order valence-corrected chi connectivity index (χ0v) is 10.5. The number of carbonyl (C=O) groups excluding carboxylic acids is 1. The summed E-state index contributed by atoms with van der Waals surface area (Å²) in [6, 6.07) is 3.66. The van der Waals surface area contributed by atoms with Crippen molar-refractivity contribution in [3.05, 3.63) is 24.2 Å². The second-order valence-electron chi connectivity index (χ2n) is 5.02. The van der Waals surface area contributed by atoms with Crippen molar-refractivity contribution in [1.82, 2.24) is 10.6 Å². The summed E-state index contributed by atoms with van der Waals surface area (Å²) in [6.07, 6.45) is 3.41. The van der Waals surface area contributed by atoms with Crippen molar-refractivity contribution >= 4 is 5.91 Å². The van der Waals surface area contributed by atoms with Gasteiger partial charge in [-0.25, -0.2) is 0 Å². The van der Waals surface area contributed by atoms with E-state index in [4.69, 9.17) is 4.42 Å². The molecule has 1 aromatic heterocycles. The maximum atomic E-state index is 12.2. The molecular weight excluding hydrogens is 216 g/mol. The molecule has 1 atom stereocenters. The van der Waals surface area contributed by atoms with E-state index in [9.17, 15) is 4.79 Å². The lowest BCUT2D eigenvalue weighted by molar-refractivity contribution is -0.132. The van der Waals surface area contributed by atoms with Crippen LogP contribution in [0, 0.1) is 5.41 Å². The van der Waals surface area contributed by atoms with Crippen molar-refractivity contribution in [2.45, 2.75) is 32.7 Å². The molecule has 0 unspecified atom stereocenters. The Balaban J connectivity index is 1.96. The second kappa shape index (κ2) is 4.92. The van der Waals surface area contributed by atoms with E-state index in [1.165, 1.54) is 0 Å². The molecule has 0 aliphatic carbocycles. The van der Waals surface area contributed by atoms with E-state index in [0.29, 0.717) is 0 Å². The average Bonchev–Trinajstić information content (AvgIpc) is 2.83. The van der Waals surface area contributed by atoms with Crippen LogP contribution in [0.3, 0.4) is 0 Å². The fourth-order valence-corrected chi connectivity index (χ4v) is 2.19. The van der Waals surface area contributed by atoms with E-state index in [1.807, 2.05) is 26.0 Å². The Morgan fingerprint density at radius 3 is 2.82 bits per heavy atom. The summed E-state index contributed by atoms with van der Waals surface area (Å²) in [4.78, 5) is 12.2. The summed E-state index contributed by atoms with van der Waals surface area (Å²) >= 11 is 0. The highest BCUT2D eigenvalue weighted by Crippen LogP contribution is 2.29. The Bertz CT molecular complexity index is 367. The first kappa shape index (κ1) is 12.2. The molecule has 0 spiro atoms. The minimum absolute atomic E-state index is 0.0655. The highest BCUT2D eigenvalue weighted by Gasteiger charge is 2.35. The van der Waals surface area contributed by atoms with Crippen LogP contribution in [0.5, 0.6) is 0 Å². The van der Waals surface area contributed by atoms with Gasteiger partial charge in [-0.15, -0.1) is 0 Å². The summed E-state index contributed by atoms with van der Waals surface area (Å²) in [7, 11) is 0. The lowest BCUT2D eigenvalue weighted by Crippen LogP contribution is -2.46. The lowest BCUT2D eigenvalue weighted by atomic mass is 9.80. The molecule has 2 rings (SSSR count). The highest BCUT2D eigenvalue weighted by atomic mass is 16.3. The quantitative estimate of drug-likeness (QED) is 0.842. The molecular formula is C13H20N2O2. The van der Waals surface area contributed by atoms with Crippen LogP contribution >= 0.6 is 0 Å². The number of piperidine rings is 1. The fourth-order valence-electron chi connectivity index (χ4n) is 2.19. The maximum Gasteiger partial charge on any atom is 0.226 e. The molecule has 0 aromatic carbocycles. The molecule has 4 nitrogen and oxygen atoms in total. The molecule has 1 aromatic rings. The van der Waals surface area contributed by atoms with Crippen LogP contribution in [0.15, 0.2) is 22.8 Å². The molecule has 0 bridgehead atoms. The zero-order chi connectivity index (χ0) is 12.3. The van der Waals surface area contributed by atoms with Crippen LogP contribution in [0.4, 0.5) is 0 Å². The van der Waals surface area contributed by atoms with Crippen molar-refractivity contribution in [3.63, 3.8) is 0 Å². The molecule has 0 radical (unpaired) electrons. The van der Waals surface area contributed by atoms with E-state index in [2.05, 4.69) is 10.6 Å². The number of furan rings is 1. The molecule has 1 fully saturated rings. The minimum atomic E-state index is -0.244. The Morgan fingerprint density at radius 1 is 1.53 bits per heavy atom. The van der Waals surface area contributed by atoms with E-state index in [-0.39, 0.29) is 17.4 Å². The van der Waals surface area contributed by atoms with Gasteiger partial charge in [0.05, 0.1) is 12.3 Å². The summed E-state index contributed by atoms with van der Waals surface area (Å²) in [5, 5.41) is 6.31. The first-order chi connectivity index (χ1) is 8.12. The Labute approximate surface area is 102 Å². The third-order valence-electron chi connectivity index (χ3n) is 3.57. The van der Waals surface area contributed by atoms with Crippen LogP contribution in [-0.2, 0) is 4.79 Å². The molecule has 1 amide bonds. The van der Waals surface area contributed by atoms with Crippen LogP contribution in [0.25, 0.3) is 0 Å². The fraction of sp³-hybridized carbons (Fsp3) is 0.615. The van der Waals surface area contributed by atoms with E-state index in [0.717, 1.165) is 31.7 Å². The third-order valence-corrected chi connectivity index (χ3v) is 3.57. The summed E-state index contributed by atoms with van der Waals surface area (Å²) in [5.74, 6) is 0.929. The molecule has 0 saturated carbocycles. The van der Waals surface area contributed by atoms with E-state index >= 15 is 0 Å². The number of hydrogen-bond acceptors (Lipinski definition) is 3. The van der Waals surface area contributed by atoms with Gasteiger partial charge in [0.25, 0.3) is 0 Å². The summed E-state index contributed by atoms with van der Waals surface area (Å²) in [5.41, 5.74) is -0.244. The van der Waals surface area contributed by atoms with Gasteiger partial charge in [0, 0.05) is 5.41 Å². The first-order valence-corrected chi connectivity index (χ1v) is 6.17. The Hall–Kier alpha value is -1.29. The van der Waals surface area contributed by atoms with Gasteiger partial charge >= 0.3 is 0 Å². The molecule has 17 heavy (non-hydrogen) atoms. The van der Waals surface area contributed by atoms with Crippen molar-refractivity contribution in [3.8, 4) is 0 Å². The standard InChI is InChI=1S/C13H20N2O2/c1-10(11-4-3-9-17-11)15-12(16)13(2)5-7-14-8-6-13/h3-4,9-10,14H,5-8H2,1-2H3,(H,15,16)/t10-/m0/s1. The predicted molar refractivity (Wildman–Crippen MR) is 65.5 cm³/mol. The second-order valence-corrected chi connectivity index (χ2v) is 5.02. The molecule has 1 aliphatic rings. The van der Waals surface area contributed by atoms with Gasteiger partial charge in [-0.1, -0.05) is 6.92 Å². The van der Waals surface area contributed by atoms with Gasteiger partial charge in [0.1, 0.15) is 5.76 Å². The minimum Gasteiger partial charge on any atom is -0.467 e. The summed E-state index contributed by atoms with van der Waals surface area (Å²) < 4.78 is 5.29. The van der Waals surface area contributed by atoms with Gasteiger partial charge in [0.15, 0.2) is 0 Å². The molecule has 2 heterocycles. The molecule has 1 aliphatic heterocycles. The van der Waals surface area contributed by atoms with Gasteiger partial charge < -0.3 is 15.1 Å². The maximum absolute atomic E-state index is 12.2. The lowest BCUT2D eigenvalue weighted by Gasteiger charge is -2.33. The highest BCUT2D eigenvalue weighted by molar-refractivity contribution is 5.82. The third kappa shape index (κ3) is 2.69. The number of carbonyl (C=O) groups is 1. The Morgan fingerprint density at radius 2 is 2.24 bits per heavy atom. The first-order valence-electron chi connectivity index (χ1n) is 6.17. The topological polar surface area (TPSA) is 54.3 Å². The van der Waals surface area contributed by atoms with Gasteiger partial charge in [-0.05, 0) is 45.0 Å². The zero-order valence-electron chi connectivity index (χ0n) is 10.5. The normalized spacial score (nSPS) is 20.8. The largest absolute Gasteiger partial charge is 0.467 e. The monoisotopic (exact) mass is 236 g/mol. The van der Waals surface area contributed by atoms with Gasteiger partial charge in [0.2, 0.25) is 5.91 Å². The van der Waals surface area contributed by atoms with Crippen LogP contribution in [-0.4, -0.2) is 19.0 Å². The Kier molecular flexibility index (Phi) is 3.52. The number of amides is 1. The average molecular weight is 236 g/mol. The molecule has 2 N–H and O–H groups in total. The van der Waals surface area contributed by atoms with Crippen LogP contribution in [0.1, 0.15) is 38.5 Å². The van der Waals surface area contributed by atoms with E-state index < -0.39 is 0 Å². The van der Waals surface area contributed by atoms with Crippen molar-refractivity contribution in [1.29, 1.82) is 0 Å². The van der Waals surface area contributed by atoms with Gasteiger partial charge in [-0.3, -0.25) is 4.79 Å². The summed E-state index contributed by atoms with van der Waals surface area (Å²) in [6.45, 7) is 5.82. The van der Waals surface area contributed by atoms with Crippen molar-refractivity contribution in [2.75, 3.05) is 13.1 Å². The SMILES string of the molecule is C[C@H](NC(=O)C1(C)CCNCC1)c1ccco1. The number of nitrogens with one attached hydrogen (secondary N) is 2. The predicted octanol–water partition coefficient (Wildman–Crippen LogP) is 1.85. The van der Waals surface area contributed by atoms with Crippen LogP contribution < -0.4 is 10.6 Å². The van der Waals surface area contributed by atoms with Crippen molar-refractivity contribution < 1.29 is 9.21 Å².